The van der Waals surface area contributed by atoms with Crippen molar-refractivity contribution < 1.29 is 9.59 Å². The summed E-state index contributed by atoms with van der Waals surface area (Å²) in [6, 6.07) is 14.9. The van der Waals surface area contributed by atoms with Crippen molar-refractivity contribution in [2.75, 3.05) is 5.75 Å². The summed E-state index contributed by atoms with van der Waals surface area (Å²) < 4.78 is 0. The minimum atomic E-state index is -0.502. The molecule has 0 unspecified atom stereocenters. The normalized spacial score (nSPS) is 14.8. The summed E-state index contributed by atoms with van der Waals surface area (Å²) >= 11 is 14.0. The number of hydrogen-bond donors (Lipinski definition) is 1. The number of thioether (sulfide) groups is 1. The summed E-state index contributed by atoms with van der Waals surface area (Å²) in [5.74, 6) is 0.749. The van der Waals surface area contributed by atoms with Crippen molar-refractivity contribution in [3.05, 3.63) is 64.1 Å². The van der Waals surface area contributed by atoms with Crippen LogP contribution in [-0.2, 0) is 16.1 Å². The molecule has 0 aliphatic heterocycles. The molecule has 3 rings (SSSR count). The molecule has 1 atom stereocenters. The van der Waals surface area contributed by atoms with Crippen LogP contribution in [0.15, 0.2) is 53.4 Å². The Morgan fingerprint density at radius 2 is 1.79 bits per heavy atom. The first kappa shape index (κ1) is 25.9. The summed E-state index contributed by atoms with van der Waals surface area (Å²) in [5.41, 5.74) is 0.857. The van der Waals surface area contributed by atoms with Gasteiger partial charge in [-0.2, -0.15) is 0 Å². The fourth-order valence-corrected chi connectivity index (χ4v) is 5.36. The van der Waals surface area contributed by atoms with Crippen molar-refractivity contribution in [2.45, 2.75) is 75.4 Å². The lowest BCUT2D eigenvalue weighted by Crippen LogP contribution is -2.50. The van der Waals surface area contributed by atoms with E-state index in [9.17, 15) is 9.59 Å². The first-order valence-corrected chi connectivity index (χ1v) is 13.4. The minimum absolute atomic E-state index is 0.0138. The zero-order valence-electron chi connectivity index (χ0n) is 19.1. The maximum absolute atomic E-state index is 13.3. The number of rotatable bonds is 11. The van der Waals surface area contributed by atoms with Gasteiger partial charge in [-0.05, 0) is 67.3 Å². The van der Waals surface area contributed by atoms with Crippen molar-refractivity contribution in [2.24, 2.45) is 0 Å². The van der Waals surface area contributed by atoms with E-state index in [1.165, 1.54) is 0 Å². The van der Waals surface area contributed by atoms with Crippen LogP contribution in [0.3, 0.4) is 0 Å². The van der Waals surface area contributed by atoms with Crippen LogP contribution in [0.4, 0.5) is 0 Å². The average molecular weight is 508 g/mol. The van der Waals surface area contributed by atoms with Crippen LogP contribution in [0.2, 0.25) is 10.0 Å². The fourth-order valence-electron chi connectivity index (χ4n) is 4.19. The Bertz CT molecular complexity index is 917. The van der Waals surface area contributed by atoms with Crippen LogP contribution in [0.5, 0.6) is 0 Å². The highest BCUT2D eigenvalue weighted by Crippen LogP contribution is 2.24. The summed E-state index contributed by atoms with van der Waals surface area (Å²) in [4.78, 5) is 29.3. The van der Waals surface area contributed by atoms with E-state index >= 15 is 0 Å². The third kappa shape index (κ3) is 7.94. The van der Waals surface area contributed by atoms with E-state index in [-0.39, 0.29) is 17.9 Å². The third-order valence-corrected chi connectivity index (χ3v) is 7.72. The van der Waals surface area contributed by atoms with E-state index in [4.69, 9.17) is 23.2 Å². The lowest BCUT2D eigenvalue weighted by Gasteiger charge is -2.32. The van der Waals surface area contributed by atoms with Gasteiger partial charge in [0.2, 0.25) is 11.8 Å². The molecule has 4 nitrogen and oxygen atoms in total. The van der Waals surface area contributed by atoms with Crippen LogP contribution in [-0.4, -0.2) is 34.6 Å². The lowest BCUT2D eigenvalue weighted by atomic mass is 10.1. The van der Waals surface area contributed by atoms with E-state index in [0.717, 1.165) is 48.3 Å². The number of amides is 2. The number of carbonyl (C=O) groups excluding carboxylic acids is 2. The number of nitrogens with zero attached hydrogens (tertiary/aromatic N) is 1. The Morgan fingerprint density at radius 3 is 2.45 bits per heavy atom. The second kappa shape index (κ2) is 13.3. The molecule has 1 aliphatic rings. The maximum atomic E-state index is 13.3. The molecular weight excluding hydrogens is 475 g/mol. The quantitative estimate of drug-likeness (QED) is 0.271. The van der Waals surface area contributed by atoms with Gasteiger partial charge in [-0.25, -0.2) is 0 Å². The molecule has 1 aliphatic carbocycles. The SMILES string of the molecule is CC[C@@H](C(=O)NC1CCCC1)N(Cc1ccccc1Cl)C(=O)CCCSc1ccc(Cl)cc1. The van der Waals surface area contributed by atoms with Gasteiger partial charge >= 0.3 is 0 Å². The largest absolute Gasteiger partial charge is 0.352 e. The highest BCUT2D eigenvalue weighted by Gasteiger charge is 2.30. The van der Waals surface area contributed by atoms with Crippen molar-refractivity contribution >= 4 is 46.8 Å². The summed E-state index contributed by atoms with van der Waals surface area (Å²) in [7, 11) is 0. The van der Waals surface area contributed by atoms with Gasteiger partial charge in [0.1, 0.15) is 6.04 Å². The molecule has 0 heterocycles. The molecule has 7 heteroatoms. The molecule has 0 spiro atoms. The van der Waals surface area contributed by atoms with Gasteiger partial charge in [-0.3, -0.25) is 9.59 Å². The fraction of sp³-hybridized carbons (Fsp3) is 0.462. The van der Waals surface area contributed by atoms with Gasteiger partial charge < -0.3 is 10.2 Å². The number of hydrogen-bond acceptors (Lipinski definition) is 3. The Morgan fingerprint density at radius 1 is 1.09 bits per heavy atom. The highest BCUT2D eigenvalue weighted by atomic mass is 35.5. The highest BCUT2D eigenvalue weighted by molar-refractivity contribution is 7.99. The Balaban J connectivity index is 1.65. The summed E-state index contributed by atoms with van der Waals surface area (Å²) in [6.45, 7) is 2.29. The maximum Gasteiger partial charge on any atom is 0.243 e. The predicted molar refractivity (Wildman–Crippen MR) is 138 cm³/mol. The standard InChI is InChI=1S/C26H32Cl2N2O2S/c1-2-24(26(32)29-21-9-4-5-10-21)30(18-19-8-3-6-11-23(19)28)25(31)12-7-17-33-22-15-13-20(27)14-16-22/h3,6,8,11,13-16,21,24H,2,4-5,7,9-10,12,17-18H2,1H3,(H,29,32)/t24-/m0/s1. The first-order valence-electron chi connectivity index (χ1n) is 11.7. The Hall–Kier alpha value is -1.69. The molecule has 2 amide bonds. The van der Waals surface area contributed by atoms with Crippen LogP contribution in [0.1, 0.15) is 57.4 Å². The molecule has 0 saturated heterocycles. The van der Waals surface area contributed by atoms with E-state index in [0.29, 0.717) is 29.4 Å². The van der Waals surface area contributed by atoms with Gasteiger partial charge in [0.25, 0.3) is 0 Å². The lowest BCUT2D eigenvalue weighted by molar-refractivity contribution is -0.141. The number of nitrogens with one attached hydrogen (secondary N) is 1. The molecule has 178 valence electrons. The van der Waals surface area contributed by atoms with Crippen LogP contribution in [0.25, 0.3) is 0 Å². The van der Waals surface area contributed by atoms with Crippen LogP contribution >= 0.6 is 35.0 Å². The number of carbonyl (C=O) groups is 2. The molecule has 0 radical (unpaired) electrons. The molecule has 1 saturated carbocycles. The molecule has 0 aromatic heterocycles. The van der Waals surface area contributed by atoms with Gasteiger partial charge in [-0.15, -0.1) is 11.8 Å². The zero-order valence-corrected chi connectivity index (χ0v) is 21.4. The smallest absolute Gasteiger partial charge is 0.243 e. The second-order valence-corrected chi connectivity index (χ2v) is 10.4. The van der Waals surface area contributed by atoms with Gasteiger partial charge in [0.15, 0.2) is 0 Å². The van der Waals surface area contributed by atoms with E-state index in [1.807, 2.05) is 55.5 Å². The van der Waals surface area contributed by atoms with Crippen molar-refractivity contribution in [3.63, 3.8) is 0 Å². The van der Waals surface area contributed by atoms with E-state index in [2.05, 4.69) is 5.32 Å². The molecular formula is C26H32Cl2N2O2S. The zero-order chi connectivity index (χ0) is 23.6. The molecule has 1 N–H and O–H groups in total. The van der Waals surface area contributed by atoms with Crippen molar-refractivity contribution in [3.8, 4) is 0 Å². The summed E-state index contributed by atoms with van der Waals surface area (Å²) in [6.07, 6.45) is 6.01. The Kier molecular flexibility index (Phi) is 10.4. The third-order valence-electron chi connectivity index (χ3n) is 6.00. The molecule has 0 bridgehead atoms. The van der Waals surface area contributed by atoms with Crippen molar-refractivity contribution in [1.29, 1.82) is 0 Å². The predicted octanol–water partition coefficient (Wildman–Crippen LogP) is 6.73. The van der Waals surface area contributed by atoms with Crippen LogP contribution < -0.4 is 5.32 Å². The van der Waals surface area contributed by atoms with Gasteiger partial charge in [-0.1, -0.05) is 61.2 Å². The first-order chi connectivity index (χ1) is 16.0. The topological polar surface area (TPSA) is 49.4 Å². The van der Waals surface area contributed by atoms with E-state index < -0.39 is 6.04 Å². The molecule has 2 aromatic rings. The van der Waals surface area contributed by atoms with Crippen LogP contribution in [0, 0.1) is 0 Å². The minimum Gasteiger partial charge on any atom is -0.352 e. The number of benzene rings is 2. The van der Waals surface area contributed by atoms with Gasteiger partial charge in [0.05, 0.1) is 0 Å². The molecule has 2 aromatic carbocycles. The monoisotopic (exact) mass is 506 g/mol. The van der Waals surface area contributed by atoms with Crippen molar-refractivity contribution in [1.82, 2.24) is 10.2 Å². The molecule has 1 fully saturated rings. The number of halogens is 2. The summed E-state index contributed by atoms with van der Waals surface area (Å²) in [5, 5.41) is 4.50. The average Bonchev–Trinajstić information content (AvgIpc) is 3.32. The van der Waals surface area contributed by atoms with E-state index in [1.54, 1.807) is 16.7 Å². The Labute approximate surface area is 211 Å². The second-order valence-electron chi connectivity index (χ2n) is 8.43. The van der Waals surface area contributed by atoms with Gasteiger partial charge in [0, 0.05) is 33.9 Å². The molecule has 33 heavy (non-hydrogen) atoms.